The fourth-order valence-corrected chi connectivity index (χ4v) is 2.69. The molecule has 0 unspecified atom stereocenters. The minimum Gasteiger partial charge on any atom is -0.301 e. The van der Waals surface area contributed by atoms with Crippen LogP contribution in [0.15, 0.2) is 70.6 Å². The number of benzene rings is 2. The molecule has 29 heavy (non-hydrogen) atoms. The van der Waals surface area contributed by atoms with E-state index >= 15 is 0 Å². The Bertz CT molecular complexity index is 1240. The van der Waals surface area contributed by atoms with E-state index < -0.39 is 5.56 Å². The Morgan fingerprint density at radius 3 is 2.31 bits per heavy atom. The van der Waals surface area contributed by atoms with Crippen molar-refractivity contribution in [3.05, 3.63) is 87.6 Å². The summed E-state index contributed by atoms with van der Waals surface area (Å²) in [6.45, 7) is 1.85. The predicted molar refractivity (Wildman–Crippen MR) is 108 cm³/mol. The van der Waals surface area contributed by atoms with Crippen molar-refractivity contribution >= 4 is 17.2 Å². The molecule has 144 valence electrons. The van der Waals surface area contributed by atoms with Crippen LogP contribution in [0.1, 0.15) is 5.69 Å². The van der Waals surface area contributed by atoms with Gasteiger partial charge < -0.3 is 5.43 Å². The molecule has 0 fully saturated rings. The SMILES string of the molecule is Cc1nn(-c2ccccc2)c(N/N=c2/c(=N)nnc2=O)c1NNc1ccccc1. The molecule has 4 rings (SSSR count). The summed E-state index contributed by atoms with van der Waals surface area (Å²) in [6, 6.07) is 19.1. The number of rotatable bonds is 6. The van der Waals surface area contributed by atoms with Gasteiger partial charge in [0.2, 0.25) is 5.49 Å². The normalized spacial score (nSPS) is 11.4. The second-order valence-corrected chi connectivity index (χ2v) is 6.10. The lowest BCUT2D eigenvalue weighted by Crippen LogP contribution is -2.34. The second kappa shape index (κ2) is 7.72. The van der Waals surface area contributed by atoms with E-state index in [0.717, 1.165) is 11.4 Å². The summed E-state index contributed by atoms with van der Waals surface area (Å²) in [7, 11) is 0. The summed E-state index contributed by atoms with van der Waals surface area (Å²) in [5.74, 6) is 0.483. The molecule has 0 saturated carbocycles. The number of anilines is 3. The van der Waals surface area contributed by atoms with Gasteiger partial charge in [-0.1, -0.05) is 36.4 Å². The Labute approximate surface area is 164 Å². The predicted octanol–water partition coefficient (Wildman–Crippen LogP) is 1.05. The van der Waals surface area contributed by atoms with Crippen LogP contribution in [0.5, 0.6) is 0 Å². The topological polar surface area (TPSA) is 133 Å². The summed E-state index contributed by atoms with van der Waals surface area (Å²) < 4.78 is 1.66. The first kappa shape index (κ1) is 18.0. The molecule has 0 radical (unpaired) electrons. The Morgan fingerprint density at radius 1 is 0.966 bits per heavy atom. The summed E-state index contributed by atoms with van der Waals surface area (Å²) in [4.78, 5) is 11.7. The van der Waals surface area contributed by atoms with Gasteiger partial charge in [-0.2, -0.15) is 10.2 Å². The van der Waals surface area contributed by atoms with E-state index in [0.29, 0.717) is 17.2 Å². The average molecular weight is 387 g/mol. The first-order valence-corrected chi connectivity index (χ1v) is 8.74. The van der Waals surface area contributed by atoms with Crippen molar-refractivity contribution in [3.8, 4) is 5.69 Å². The third-order valence-electron chi connectivity index (χ3n) is 4.11. The molecule has 4 aromatic rings. The highest BCUT2D eigenvalue weighted by Gasteiger charge is 2.16. The average Bonchev–Trinajstić information content (AvgIpc) is 3.24. The minimum absolute atomic E-state index is 0.162. The third-order valence-corrected chi connectivity index (χ3v) is 4.11. The molecule has 0 saturated heterocycles. The van der Waals surface area contributed by atoms with Crippen molar-refractivity contribution in [2.45, 2.75) is 6.92 Å². The van der Waals surface area contributed by atoms with Gasteiger partial charge in [0.05, 0.1) is 17.1 Å². The van der Waals surface area contributed by atoms with Crippen LogP contribution in [0.25, 0.3) is 5.69 Å². The van der Waals surface area contributed by atoms with Crippen LogP contribution in [0.4, 0.5) is 17.2 Å². The van der Waals surface area contributed by atoms with Crippen molar-refractivity contribution in [1.82, 2.24) is 20.0 Å². The molecular weight excluding hydrogens is 370 g/mol. The van der Waals surface area contributed by atoms with E-state index in [9.17, 15) is 4.79 Å². The molecule has 4 N–H and O–H groups in total. The van der Waals surface area contributed by atoms with E-state index in [-0.39, 0.29) is 10.8 Å². The number of nitrogens with zero attached hydrogens (tertiary/aromatic N) is 5. The lowest BCUT2D eigenvalue weighted by Gasteiger charge is -2.12. The van der Waals surface area contributed by atoms with Gasteiger partial charge in [0.15, 0.2) is 11.2 Å². The van der Waals surface area contributed by atoms with Gasteiger partial charge in [-0.25, -0.2) is 4.68 Å². The maximum absolute atomic E-state index is 11.7. The maximum atomic E-state index is 11.7. The number of hydrazine groups is 1. The van der Waals surface area contributed by atoms with E-state index in [1.165, 1.54) is 0 Å². The number of para-hydroxylation sites is 2. The van der Waals surface area contributed by atoms with Gasteiger partial charge in [-0.3, -0.25) is 21.1 Å². The van der Waals surface area contributed by atoms with Gasteiger partial charge in [-0.15, -0.1) is 10.2 Å². The lowest BCUT2D eigenvalue weighted by atomic mass is 10.3. The van der Waals surface area contributed by atoms with Crippen LogP contribution < -0.4 is 32.7 Å². The highest BCUT2D eigenvalue weighted by Crippen LogP contribution is 2.28. The fraction of sp³-hybridized carbons (Fsp3) is 0.0526. The van der Waals surface area contributed by atoms with Gasteiger partial charge in [0, 0.05) is 0 Å². The van der Waals surface area contributed by atoms with Crippen molar-refractivity contribution in [2.75, 3.05) is 16.3 Å². The second-order valence-electron chi connectivity index (χ2n) is 6.10. The monoisotopic (exact) mass is 387 g/mol. The van der Waals surface area contributed by atoms with E-state index in [1.807, 2.05) is 67.6 Å². The quantitative estimate of drug-likeness (QED) is 0.364. The molecular formula is C19H17N9O. The molecule has 0 atom stereocenters. The van der Waals surface area contributed by atoms with Crippen LogP contribution >= 0.6 is 0 Å². The first-order chi connectivity index (χ1) is 14.1. The molecule has 0 aliphatic carbocycles. The van der Waals surface area contributed by atoms with Crippen molar-refractivity contribution in [1.29, 1.82) is 5.41 Å². The van der Waals surface area contributed by atoms with Crippen molar-refractivity contribution in [2.24, 2.45) is 5.10 Å². The lowest BCUT2D eigenvalue weighted by molar-refractivity contribution is 0.860. The van der Waals surface area contributed by atoms with E-state index in [1.54, 1.807) is 4.68 Å². The third kappa shape index (κ3) is 3.72. The number of nitrogens with one attached hydrogen (secondary N) is 4. The Morgan fingerprint density at radius 2 is 1.66 bits per heavy atom. The molecule has 0 aliphatic rings. The smallest absolute Gasteiger partial charge is 0.301 e. The largest absolute Gasteiger partial charge is 0.319 e. The molecule has 0 aliphatic heterocycles. The number of hydrogen-bond acceptors (Lipinski definition) is 9. The van der Waals surface area contributed by atoms with Crippen LogP contribution in [0.3, 0.4) is 0 Å². The molecule has 2 aromatic heterocycles. The Balaban J connectivity index is 1.76. The van der Waals surface area contributed by atoms with Crippen LogP contribution in [-0.2, 0) is 0 Å². The van der Waals surface area contributed by atoms with Gasteiger partial charge in [0.25, 0.3) is 0 Å². The van der Waals surface area contributed by atoms with Crippen LogP contribution in [-0.4, -0.2) is 20.0 Å². The highest BCUT2D eigenvalue weighted by molar-refractivity contribution is 5.71. The molecule has 0 amide bonds. The standard InChI is InChI=1S/C19H17N9O/c1-12-15(22-21-13-8-4-2-5-9-13)18(25-23-16-17(20)24-26-19(16)29)28(27-12)14-10-6-3-7-11-14/h2-11,20-22,25H,1H3/b20-17?,23-16-. The van der Waals surface area contributed by atoms with Crippen molar-refractivity contribution < 1.29 is 0 Å². The van der Waals surface area contributed by atoms with Gasteiger partial charge in [-0.05, 0) is 31.2 Å². The number of hydrogen-bond donors (Lipinski definition) is 4. The van der Waals surface area contributed by atoms with E-state index in [2.05, 4.69) is 36.7 Å². The molecule has 2 heterocycles. The Kier molecular flexibility index (Phi) is 4.81. The molecule has 2 aromatic carbocycles. The van der Waals surface area contributed by atoms with Crippen molar-refractivity contribution in [3.63, 3.8) is 0 Å². The molecule has 10 heteroatoms. The summed E-state index contributed by atoms with van der Waals surface area (Å²) in [5.41, 5.74) is 11.1. The zero-order valence-corrected chi connectivity index (χ0v) is 15.4. The van der Waals surface area contributed by atoms with Crippen LogP contribution in [0.2, 0.25) is 0 Å². The molecule has 10 nitrogen and oxygen atoms in total. The fourth-order valence-electron chi connectivity index (χ4n) is 2.69. The van der Waals surface area contributed by atoms with Crippen LogP contribution in [0, 0.1) is 12.3 Å². The zero-order valence-electron chi connectivity index (χ0n) is 15.4. The molecule has 0 spiro atoms. The number of aromatic nitrogens is 4. The van der Waals surface area contributed by atoms with Gasteiger partial charge >= 0.3 is 5.56 Å². The Hall–Kier alpha value is -4.34. The summed E-state index contributed by atoms with van der Waals surface area (Å²) in [5, 5.41) is 22.9. The first-order valence-electron chi connectivity index (χ1n) is 8.74. The minimum atomic E-state index is -0.665. The number of aryl methyl sites for hydroxylation is 1. The summed E-state index contributed by atoms with van der Waals surface area (Å²) in [6.07, 6.45) is 0. The zero-order chi connectivity index (χ0) is 20.2. The van der Waals surface area contributed by atoms with E-state index in [4.69, 9.17) is 5.41 Å². The van der Waals surface area contributed by atoms with Gasteiger partial charge in [0.1, 0.15) is 5.69 Å². The molecule has 0 bridgehead atoms. The maximum Gasteiger partial charge on any atom is 0.319 e. The highest BCUT2D eigenvalue weighted by atomic mass is 16.1. The summed E-state index contributed by atoms with van der Waals surface area (Å²) >= 11 is 0.